The molecule has 1 N–H and O–H groups in total. The van der Waals surface area contributed by atoms with Gasteiger partial charge in [0, 0.05) is 37.7 Å². The van der Waals surface area contributed by atoms with Gasteiger partial charge in [0.1, 0.15) is 0 Å². The van der Waals surface area contributed by atoms with E-state index < -0.39 is 10.0 Å². The van der Waals surface area contributed by atoms with Crippen LogP contribution in [0.15, 0.2) is 47.6 Å². The van der Waals surface area contributed by atoms with Crippen LogP contribution in [0.2, 0.25) is 0 Å². The Bertz CT molecular complexity index is 814. The number of rotatable bonds is 5. The zero-order chi connectivity index (χ0) is 17.9. The Hall–Kier alpha value is -1.92. The first kappa shape index (κ1) is 17.9. The van der Waals surface area contributed by atoms with Crippen molar-refractivity contribution in [3.05, 3.63) is 53.9 Å². The molecule has 0 atom stereocenters. The topological polar surface area (TPSA) is 62.3 Å². The molecule has 134 valence electrons. The third-order valence-corrected chi connectivity index (χ3v) is 6.40. The van der Waals surface area contributed by atoms with Gasteiger partial charge in [0.15, 0.2) is 0 Å². The van der Waals surface area contributed by atoms with Crippen molar-refractivity contribution < 1.29 is 8.42 Å². The molecule has 3 rings (SSSR count). The lowest BCUT2D eigenvalue weighted by Gasteiger charge is -2.33. The van der Waals surface area contributed by atoms with E-state index in [2.05, 4.69) is 14.6 Å². The molecule has 2 aromatic rings. The number of piperidine rings is 1. The van der Waals surface area contributed by atoms with Crippen LogP contribution < -0.4 is 9.62 Å². The predicted molar refractivity (Wildman–Crippen MR) is 100 cm³/mol. The molecule has 25 heavy (non-hydrogen) atoms. The van der Waals surface area contributed by atoms with Crippen molar-refractivity contribution in [2.24, 2.45) is 5.92 Å². The molecule has 1 aliphatic heterocycles. The molecule has 0 bridgehead atoms. The number of aryl methyl sites for hydroxylation is 2. The summed E-state index contributed by atoms with van der Waals surface area (Å²) in [6.45, 7) is 6.13. The predicted octanol–water partition coefficient (Wildman–Crippen LogP) is 2.89. The van der Waals surface area contributed by atoms with Gasteiger partial charge < -0.3 is 4.90 Å². The van der Waals surface area contributed by atoms with E-state index in [0.717, 1.165) is 37.1 Å². The maximum absolute atomic E-state index is 12.6. The molecule has 1 fully saturated rings. The van der Waals surface area contributed by atoms with Gasteiger partial charge in [0.05, 0.1) is 4.90 Å². The number of nitrogens with one attached hydrogen (secondary N) is 1. The summed E-state index contributed by atoms with van der Waals surface area (Å²) in [5.41, 5.74) is 2.92. The van der Waals surface area contributed by atoms with Crippen molar-refractivity contribution in [1.29, 1.82) is 0 Å². The van der Waals surface area contributed by atoms with Crippen LogP contribution in [0.3, 0.4) is 0 Å². The Morgan fingerprint density at radius 3 is 2.48 bits per heavy atom. The highest BCUT2D eigenvalue weighted by Gasteiger charge is 2.23. The van der Waals surface area contributed by atoms with Gasteiger partial charge in [-0.05, 0) is 61.9 Å². The number of anilines is 1. The molecule has 2 heterocycles. The van der Waals surface area contributed by atoms with Crippen LogP contribution in [0, 0.1) is 19.8 Å². The van der Waals surface area contributed by atoms with Crippen LogP contribution >= 0.6 is 0 Å². The number of hydrogen-bond donors (Lipinski definition) is 1. The van der Waals surface area contributed by atoms with Crippen molar-refractivity contribution in [3.63, 3.8) is 0 Å². The van der Waals surface area contributed by atoms with Gasteiger partial charge in [0.2, 0.25) is 10.0 Å². The highest BCUT2D eigenvalue weighted by molar-refractivity contribution is 7.89. The van der Waals surface area contributed by atoms with E-state index in [1.165, 1.54) is 5.69 Å². The van der Waals surface area contributed by atoms with E-state index in [1.54, 1.807) is 18.5 Å². The Morgan fingerprint density at radius 2 is 1.80 bits per heavy atom. The van der Waals surface area contributed by atoms with Gasteiger partial charge >= 0.3 is 0 Å². The van der Waals surface area contributed by atoms with Gasteiger partial charge in [-0.25, -0.2) is 13.1 Å². The first-order valence-electron chi connectivity index (χ1n) is 8.67. The first-order valence-corrected chi connectivity index (χ1v) is 10.2. The Morgan fingerprint density at radius 1 is 1.12 bits per heavy atom. The molecule has 0 spiro atoms. The SMILES string of the molecule is Cc1ccc(C)c(S(=O)(=O)NCC2CCN(c3ccncc3)CC2)c1. The molecular formula is C19H25N3O2S. The smallest absolute Gasteiger partial charge is 0.240 e. The highest BCUT2D eigenvalue weighted by Crippen LogP contribution is 2.23. The molecule has 0 unspecified atom stereocenters. The van der Waals surface area contributed by atoms with Gasteiger partial charge in [-0.1, -0.05) is 12.1 Å². The summed E-state index contributed by atoms with van der Waals surface area (Å²) in [5.74, 6) is 0.373. The fourth-order valence-corrected chi connectivity index (χ4v) is 4.70. The molecule has 0 aliphatic carbocycles. The number of hydrogen-bond acceptors (Lipinski definition) is 4. The summed E-state index contributed by atoms with van der Waals surface area (Å²) in [4.78, 5) is 6.77. The number of pyridine rings is 1. The molecule has 0 radical (unpaired) electrons. The van der Waals surface area contributed by atoms with E-state index in [0.29, 0.717) is 17.4 Å². The van der Waals surface area contributed by atoms with Crippen LogP contribution in [0.5, 0.6) is 0 Å². The zero-order valence-electron chi connectivity index (χ0n) is 14.8. The van der Waals surface area contributed by atoms with Crippen LogP contribution in [-0.4, -0.2) is 33.0 Å². The van der Waals surface area contributed by atoms with Crippen molar-refractivity contribution >= 4 is 15.7 Å². The monoisotopic (exact) mass is 359 g/mol. The van der Waals surface area contributed by atoms with E-state index in [4.69, 9.17) is 0 Å². The number of benzene rings is 1. The lowest BCUT2D eigenvalue weighted by Crippen LogP contribution is -2.38. The van der Waals surface area contributed by atoms with Gasteiger partial charge in [-0.15, -0.1) is 0 Å². The van der Waals surface area contributed by atoms with Gasteiger partial charge in [-0.3, -0.25) is 4.98 Å². The van der Waals surface area contributed by atoms with Crippen LogP contribution in [0.1, 0.15) is 24.0 Å². The van der Waals surface area contributed by atoms with Crippen LogP contribution in [0.4, 0.5) is 5.69 Å². The molecule has 0 amide bonds. The Balaban J connectivity index is 1.57. The van der Waals surface area contributed by atoms with Crippen LogP contribution in [-0.2, 0) is 10.0 Å². The Labute approximate surface area is 150 Å². The highest BCUT2D eigenvalue weighted by atomic mass is 32.2. The Kier molecular flexibility index (Phi) is 5.39. The lowest BCUT2D eigenvalue weighted by molar-refractivity contribution is 0.402. The number of aromatic nitrogens is 1. The van der Waals surface area contributed by atoms with Gasteiger partial charge in [-0.2, -0.15) is 0 Å². The average Bonchev–Trinajstić information content (AvgIpc) is 2.63. The summed E-state index contributed by atoms with van der Waals surface area (Å²) >= 11 is 0. The standard InChI is InChI=1S/C19H25N3O2S/c1-15-3-4-16(2)19(13-15)25(23,24)21-14-17-7-11-22(12-8-17)18-5-9-20-10-6-18/h3-6,9-10,13,17,21H,7-8,11-12,14H2,1-2H3. The maximum atomic E-state index is 12.6. The average molecular weight is 359 g/mol. The summed E-state index contributed by atoms with van der Waals surface area (Å²) in [5, 5.41) is 0. The zero-order valence-corrected chi connectivity index (χ0v) is 15.6. The third-order valence-electron chi connectivity index (χ3n) is 4.84. The minimum absolute atomic E-state index is 0.373. The molecule has 5 nitrogen and oxygen atoms in total. The van der Waals surface area contributed by atoms with E-state index in [-0.39, 0.29) is 0 Å². The van der Waals surface area contributed by atoms with E-state index >= 15 is 0 Å². The first-order chi connectivity index (χ1) is 12.0. The fourth-order valence-electron chi connectivity index (χ4n) is 3.25. The second kappa shape index (κ2) is 7.54. The minimum Gasteiger partial charge on any atom is -0.371 e. The maximum Gasteiger partial charge on any atom is 0.240 e. The van der Waals surface area contributed by atoms with Crippen molar-refractivity contribution in [1.82, 2.24) is 9.71 Å². The number of nitrogens with zero attached hydrogens (tertiary/aromatic N) is 2. The van der Waals surface area contributed by atoms with E-state index in [1.807, 2.05) is 38.1 Å². The second-order valence-corrected chi connectivity index (χ2v) is 8.49. The summed E-state index contributed by atoms with van der Waals surface area (Å²) in [6.07, 6.45) is 5.58. The van der Waals surface area contributed by atoms with Crippen LogP contribution in [0.25, 0.3) is 0 Å². The number of sulfonamides is 1. The lowest BCUT2D eigenvalue weighted by atomic mass is 9.97. The molecular weight excluding hydrogens is 334 g/mol. The summed E-state index contributed by atoms with van der Waals surface area (Å²) in [7, 11) is -3.45. The normalized spacial score (nSPS) is 16.2. The molecule has 0 saturated carbocycles. The molecule has 1 saturated heterocycles. The largest absolute Gasteiger partial charge is 0.371 e. The molecule has 1 aromatic carbocycles. The third kappa shape index (κ3) is 4.38. The van der Waals surface area contributed by atoms with Crippen molar-refractivity contribution in [3.8, 4) is 0 Å². The summed E-state index contributed by atoms with van der Waals surface area (Å²) < 4.78 is 28.0. The fraction of sp³-hybridized carbons (Fsp3) is 0.421. The van der Waals surface area contributed by atoms with E-state index in [9.17, 15) is 8.42 Å². The molecule has 1 aliphatic rings. The van der Waals surface area contributed by atoms with Gasteiger partial charge in [0.25, 0.3) is 0 Å². The molecule has 1 aromatic heterocycles. The second-order valence-electron chi connectivity index (χ2n) is 6.76. The summed E-state index contributed by atoms with van der Waals surface area (Å²) in [6, 6.07) is 9.57. The molecule has 6 heteroatoms. The quantitative estimate of drug-likeness (QED) is 0.892. The van der Waals surface area contributed by atoms with Crippen molar-refractivity contribution in [2.45, 2.75) is 31.6 Å². The minimum atomic E-state index is -3.45. The van der Waals surface area contributed by atoms with Crippen molar-refractivity contribution in [2.75, 3.05) is 24.5 Å².